The number of benzene rings is 2. The van der Waals surface area contributed by atoms with Gasteiger partial charge in [0, 0.05) is 35.0 Å². The van der Waals surface area contributed by atoms with Crippen LogP contribution >= 0.6 is 0 Å². The smallest absolute Gasteiger partial charge is 0.0458 e. The van der Waals surface area contributed by atoms with Gasteiger partial charge in [-0.3, -0.25) is 0 Å². The predicted octanol–water partition coefficient (Wildman–Crippen LogP) is 11.4. The van der Waals surface area contributed by atoms with Crippen molar-refractivity contribution in [1.82, 2.24) is 4.90 Å². The van der Waals surface area contributed by atoms with Crippen molar-refractivity contribution in [2.45, 2.75) is 60.8 Å². The van der Waals surface area contributed by atoms with Gasteiger partial charge in [-0.05, 0) is 104 Å². The minimum atomic E-state index is 0.343. The molecule has 1 unspecified atom stereocenters. The molecule has 0 aliphatic heterocycles. The van der Waals surface area contributed by atoms with Gasteiger partial charge in [-0.2, -0.15) is 0 Å². The summed E-state index contributed by atoms with van der Waals surface area (Å²) in [5.74, 6) is 0.343. The van der Waals surface area contributed by atoms with Gasteiger partial charge in [0.05, 0.1) is 0 Å². The molecule has 2 heteroatoms. The average molecular weight is 649 g/mol. The number of nitrogens with zero attached hydrogens (tertiary/aromatic N) is 2. The van der Waals surface area contributed by atoms with Crippen LogP contribution in [-0.2, 0) is 0 Å². The molecule has 1 atom stereocenters. The van der Waals surface area contributed by atoms with E-state index in [0.29, 0.717) is 12.5 Å². The molecule has 2 aromatic rings. The summed E-state index contributed by atoms with van der Waals surface area (Å²) in [5, 5.41) is 2.49. The van der Waals surface area contributed by atoms with E-state index in [2.05, 4.69) is 209 Å². The van der Waals surface area contributed by atoms with E-state index in [4.69, 9.17) is 0 Å². The highest BCUT2D eigenvalue weighted by atomic mass is 15.1. The van der Waals surface area contributed by atoms with Crippen molar-refractivity contribution >= 4 is 17.8 Å². The standard InChI is InChI=1S/C47H56N2/c1-9-22-43-25-20-21-26-44(43)36-37-48(45(12-4)23-10-2)40(7)32-31-39(6)42(11-3)34-33-41(8)49(46-27-18-15-19-28-46)47-29-17-14-13-16-24-38(5)30-35-47/h10,12-16,18-36,38H,6-7,9,11,17,37H2,1-5,8H3/b14-13-,23-10-,24-16-,32-31-,35-30?,41-33+,42-34+,43-22-,44-36-,45-12+,47-29?. The van der Waals surface area contributed by atoms with Crippen LogP contribution < -0.4 is 15.3 Å². The number of allylic oxidation sites excluding steroid dienone is 17. The molecule has 1 aliphatic rings. The third-order valence-electron chi connectivity index (χ3n) is 8.32. The first-order valence-electron chi connectivity index (χ1n) is 17.6. The van der Waals surface area contributed by atoms with E-state index in [1.54, 1.807) is 0 Å². The summed E-state index contributed by atoms with van der Waals surface area (Å²) in [6.07, 6.45) is 37.7. The summed E-state index contributed by atoms with van der Waals surface area (Å²) in [6, 6.07) is 19.1. The first kappa shape index (κ1) is 38.4. The number of hydrogen-bond donors (Lipinski definition) is 0. The lowest BCUT2D eigenvalue weighted by molar-refractivity contribution is 0.515. The minimum absolute atomic E-state index is 0.343. The van der Waals surface area contributed by atoms with E-state index in [1.165, 1.54) is 16.0 Å². The Labute approximate surface area is 297 Å². The molecule has 0 fully saturated rings. The average Bonchev–Trinajstić information content (AvgIpc) is 3.11. The maximum Gasteiger partial charge on any atom is 0.0458 e. The number of hydrogen-bond acceptors (Lipinski definition) is 2. The van der Waals surface area contributed by atoms with Crippen LogP contribution in [0.3, 0.4) is 0 Å². The zero-order valence-corrected chi connectivity index (χ0v) is 30.6. The fourth-order valence-corrected chi connectivity index (χ4v) is 5.60. The highest BCUT2D eigenvalue weighted by Gasteiger charge is 2.13. The van der Waals surface area contributed by atoms with Gasteiger partial charge >= 0.3 is 0 Å². The molecule has 1 aliphatic carbocycles. The number of rotatable bonds is 14. The molecule has 254 valence electrons. The highest BCUT2D eigenvalue weighted by molar-refractivity contribution is 5.61. The maximum absolute atomic E-state index is 4.48. The fraction of sp³-hybridized carbons (Fsp3) is 0.234. The third kappa shape index (κ3) is 12.1. The molecule has 0 heterocycles. The van der Waals surface area contributed by atoms with Crippen molar-refractivity contribution in [2.75, 3.05) is 11.4 Å². The summed E-state index contributed by atoms with van der Waals surface area (Å²) in [5.41, 5.74) is 7.58. The molecule has 2 aromatic carbocycles. The molecule has 2 nitrogen and oxygen atoms in total. The quantitative estimate of drug-likeness (QED) is 0.188. The summed E-state index contributed by atoms with van der Waals surface area (Å²) >= 11 is 0. The van der Waals surface area contributed by atoms with Crippen LogP contribution in [-0.4, -0.2) is 11.4 Å². The van der Waals surface area contributed by atoms with Crippen molar-refractivity contribution in [1.29, 1.82) is 0 Å². The van der Waals surface area contributed by atoms with Gasteiger partial charge in [-0.15, -0.1) is 0 Å². The van der Waals surface area contributed by atoms with Crippen LogP contribution in [0.5, 0.6) is 0 Å². The first-order chi connectivity index (χ1) is 23.8. The number of anilines is 1. The molecule has 49 heavy (non-hydrogen) atoms. The van der Waals surface area contributed by atoms with Crippen molar-refractivity contribution in [3.05, 3.63) is 197 Å². The SMILES string of the molecule is C=C(/C=C\C(=C)N(C/C=c1/cccc/c1=C/CC)C(/C=C\C)=C/C)/C(=C/C=C(\C)N(C1=CC/C=C\C=C/C(C)C=C1)c1ccccc1)CC. The summed E-state index contributed by atoms with van der Waals surface area (Å²) < 4.78 is 0. The maximum atomic E-state index is 4.48. The normalized spacial score (nSPS) is 18.1. The van der Waals surface area contributed by atoms with E-state index in [0.717, 1.165) is 53.3 Å². The van der Waals surface area contributed by atoms with Gasteiger partial charge in [0.25, 0.3) is 0 Å². The van der Waals surface area contributed by atoms with Crippen molar-refractivity contribution in [2.24, 2.45) is 5.92 Å². The molecule has 0 N–H and O–H groups in total. The Morgan fingerprint density at radius 2 is 1.57 bits per heavy atom. The first-order valence-corrected chi connectivity index (χ1v) is 17.6. The van der Waals surface area contributed by atoms with Gasteiger partial charge in [0.15, 0.2) is 0 Å². The van der Waals surface area contributed by atoms with Crippen LogP contribution in [0.2, 0.25) is 0 Å². The molecule has 0 bridgehead atoms. The molecule has 3 rings (SSSR count). The van der Waals surface area contributed by atoms with Crippen LogP contribution in [0.15, 0.2) is 187 Å². The van der Waals surface area contributed by atoms with E-state index < -0.39 is 0 Å². The molecule has 0 radical (unpaired) electrons. The van der Waals surface area contributed by atoms with Crippen molar-refractivity contribution in [3.8, 4) is 0 Å². The van der Waals surface area contributed by atoms with Crippen LogP contribution in [0.1, 0.15) is 60.8 Å². The molecular weight excluding hydrogens is 593 g/mol. The second kappa shape index (κ2) is 21.0. The third-order valence-corrected chi connectivity index (χ3v) is 8.32. The molecule has 0 amide bonds. The Kier molecular flexibility index (Phi) is 16.4. The lowest BCUT2D eigenvalue weighted by Crippen LogP contribution is -2.27. The zero-order chi connectivity index (χ0) is 35.4. The van der Waals surface area contributed by atoms with E-state index in [9.17, 15) is 0 Å². The van der Waals surface area contributed by atoms with Crippen LogP contribution in [0, 0.1) is 5.92 Å². The molecule has 0 saturated carbocycles. The Balaban J connectivity index is 1.92. The molecular formula is C47H56N2. The van der Waals surface area contributed by atoms with E-state index in [-0.39, 0.29) is 0 Å². The Morgan fingerprint density at radius 3 is 2.24 bits per heavy atom. The minimum Gasteiger partial charge on any atom is -0.338 e. The zero-order valence-electron chi connectivity index (χ0n) is 30.6. The van der Waals surface area contributed by atoms with Gasteiger partial charge in [-0.1, -0.05) is 149 Å². The fourth-order valence-electron chi connectivity index (χ4n) is 5.60. The second-order valence-corrected chi connectivity index (χ2v) is 12.0. The topological polar surface area (TPSA) is 6.48 Å². The van der Waals surface area contributed by atoms with Crippen molar-refractivity contribution < 1.29 is 0 Å². The Morgan fingerprint density at radius 1 is 0.857 bits per heavy atom. The molecule has 0 spiro atoms. The largest absolute Gasteiger partial charge is 0.338 e. The van der Waals surface area contributed by atoms with Crippen LogP contribution in [0.4, 0.5) is 5.69 Å². The van der Waals surface area contributed by atoms with Gasteiger partial charge < -0.3 is 9.80 Å². The van der Waals surface area contributed by atoms with Crippen LogP contribution in [0.25, 0.3) is 12.2 Å². The summed E-state index contributed by atoms with van der Waals surface area (Å²) in [4.78, 5) is 4.58. The Hall–Kier alpha value is -5.08. The monoisotopic (exact) mass is 648 g/mol. The van der Waals surface area contributed by atoms with Gasteiger partial charge in [0.1, 0.15) is 0 Å². The second-order valence-electron chi connectivity index (χ2n) is 12.0. The number of para-hydroxylation sites is 1. The molecule has 0 saturated heterocycles. The van der Waals surface area contributed by atoms with Gasteiger partial charge in [0.2, 0.25) is 0 Å². The van der Waals surface area contributed by atoms with Gasteiger partial charge in [-0.25, -0.2) is 0 Å². The molecule has 0 aromatic heterocycles. The summed E-state index contributed by atoms with van der Waals surface area (Å²) in [6.45, 7) is 22.5. The predicted molar refractivity (Wildman–Crippen MR) is 218 cm³/mol. The van der Waals surface area contributed by atoms with E-state index >= 15 is 0 Å². The highest BCUT2D eigenvalue weighted by Crippen LogP contribution is 2.27. The lowest BCUT2D eigenvalue weighted by Gasteiger charge is -2.27. The summed E-state index contributed by atoms with van der Waals surface area (Å²) in [7, 11) is 0. The van der Waals surface area contributed by atoms with E-state index in [1.807, 2.05) is 6.92 Å². The lowest BCUT2D eigenvalue weighted by atomic mass is 10.0. The Bertz CT molecular complexity index is 1800. The van der Waals surface area contributed by atoms with Crippen molar-refractivity contribution in [3.63, 3.8) is 0 Å².